The first-order valence-electron chi connectivity index (χ1n) is 4.95. The molecule has 0 saturated heterocycles. The highest BCUT2D eigenvalue weighted by Crippen LogP contribution is 2.35. The molecule has 0 spiro atoms. The zero-order valence-corrected chi connectivity index (χ0v) is 10.9. The van der Waals surface area contributed by atoms with Crippen LogP contribution >= 0.6 is 23.2 Å². The van der Waals surface area contributed by atoms with E-state index >= 15 is 0 Å². The number of nitrogens with zero attached hydrogens (tertiary/aromatic N) is 2. The molecule has 0 radical (unpaired) electrons. The number of hydrogen-bond acceptors (Lipinski definition) is 3. The van der Waals surface area contributed by atoms with Gasteiger partial charge in [-0.25, -0.2) is 0 Å². The summed E-state index contributed by atoms with van der Waals surface area (Å²) < 4.78 is 5.30. The van der Waals surface area contributed by atoms with Gasteiger partial charge in [-0.3, -0.25) is 0 Å². The summed E-state index contributed by atoms with van der Waals surface area (Å²) in [6, 6.07) is 7.49. The maximum Gasteiger partial charge on any atom is 0.159 e. The Morgan fingerprint density at radius 1 is 1.06 bits per heavy atom. The zero-order valence-electron chi connectivity index (χ0n) is 9.37. The fourth-order valence-electron chi connectivity index (χ4n) is 1.57. The Bertz CT molecular complexity index is 558. The van der Waals surface area contributed by atoms with Crippen molar-refractivity contribution in [1.29, 1.82) is 0 Å². The molecule has 2 aromatic rings. The van der Waals surface area contributed by atoms with Crippen LogP contribution < -0.4 is 4.74 Å². The predicted octanol–water partition coefficient (Wildman–Crippen LogP) is 3.77. The first kappa shape index (κ1) is 12.1. The second-order valence-electron chi connectivity index (χ2n) is 3.58. The highest BCUT2D eigenvalue weighted by molar-refractivity contribution is 6.33. The van der Waals surface area contributed by atoms with Crippen molar-refractivity contribution in [2.24, 2.45) is 0 Å². The van der Waals surface area contributed by atoms with Gasteiger partial charge in [0.15, 0.2) is 10.3 Å². The Kier molecular flexibility index (Phi) is 3.50. The van der Waals surface area contributed by atoms with Crippen molar-refractivity contribution in [3.05, 3.63) is 40.1 Å². The second kappa shape index (κ2) is 4.90. The van der Waals surface area contributed by atoms with Crippen LogP contribution in [0.3, 0.4) is 0 Å². The number of benzene rings is 1. The molecule has 5 heteroatoms. The molecule has 1 heterocycles. The van der Waals surface area contributed by atoms with Crippen LogP contribution in [-0.4, -0.2) is 17.3 Å². The summed E-state index contributed by atoms with van der Waals surface area (Å²) in [5.41, 5.74) is 2.67. The summed E-state index contributed by atoms with van der Waals surface area (Å²) >= 11 is 11.9. The molecule has 0 aliphatic carbocycles. The summed E-state index contributed by atoms with van der Waals surface area (Å²) in [4.78, 5) is 0. The summed E-state index contributed by atoms with van der Waals surface area (Å²) in [5, 5.41) is 8.08. The van der Waals surface area contributed by atoms with E-state index in [4.69, 9.17) is 27.9 Å². The van der Waals surface area contributed by atoms with Crippen LogP contribution in [0.25, 0.3) is 11.1 Å². The largest absolute Gasteiger partial charge is 0.496 e. The molecule has 1 aromatic heterocycles. The van der Waals surface area contributed by atoms with Crippen molar-refractivity contribution < 1.29 is 4.74 Å². The van der Waals surface area contributed by atoms with Gasteiger partial charge < -0.3 is 4.74 Å². The molecule has 17 heavy (non-hydrogen) atoms. The van der Waals surface area contributed by atoms with Crippen LogP contribution in [0.15, 0.2) is 24.3 Å². The van der Waals surface area contributed by atoms with E-state index in [0.717, 1.165) is 16.9 Å². The Morgan fingerprint density at radius 3 is 2.53 bits per heavy atom. The highest BCUT2D eigenvalue weighted by atomic mass is 35.5. The van der Waals surface area contributed by atoms with Crippen LogP contribution in [-0.2, 0) is 0 Å². The number of methoxy groups -OCH3 is 1. The minimum absolute atomic E-state index is 0.299. The molecule has 0 aliphatic heterocycles. The van der Waals surface area contributed by atoms with Gasteiger partial charge in [0.25, 0.3) is 0 Å². The number of aryl methyl sites for hydroxylation is 1. The van der Waals surface area contributed by atoms with Gasteiger partial charge >= 0.3 is 0 Å². The molecule has 0 unspecified atom stereocenters. The Morgan fingerprint density at radius 2 is 1.82 bits per heavy atom. The summed E-state index contributed by atoms with van der Waals surface area (Å²) in [6.07, 6.45) is 0. The SMILES string of the molecule is COc1ccc(C)cc1-c1cc(Cl)nnc1Cl. The summed E-state index contributed by atoms with van der Waals surface area (Å²) in [6.45, 7) is 1.99. The molecule has 3 nitrogen and oxygen atoms in total. The van der Waals surface area contributed by atoms with Gasteiger partial charge in [-0.15, -0.1) is 10.2 Å². The van der Waals surface area contributed by atoms with Crippen molar-refractivity contribution in [1.82, 2.24) is 10.2 Å². The van der Waals surface area contributed by atoms with Crippen LogP contribution in [0.2, 0.25) is 10.3 Å². The van der Waals surface area contributed by atoms with Crippen LogP contribution in [0.5, 0.6) is 5.75 Å². The normalized spacial score (nSPS) is 10.4. The van der Waals surface area contributed by atoms with Crippen molar-refractivity contribution in [2.45, 2.75) is 6.92 Å². The lowest BCUT2D eigenvalue weighted by Crippen LogP contribution is -1.92. The molecule has 0 N–H and O–H groups in total. The fourth-order valence-corrected chi connectivity index (χ4v) is 1.92. The van der Waals surface area contributed by atoms with Gasteiger partial charge in [0.2, 0.25) is 0 Å². The van der Waals surface area contributed by atoms with Gasteiger partial charge in [-0.05, 0) is 25.1 Å². The molecular weight excluding hydrogens is 259 g/mol. The van der Waals surface area contributed by atoms with E-state index in [1.807, 2.05) is 25.1 Å². The zero-order chi connectivity index (χ0) is 12.4. The van der Waals surface area contributed by atoms with E-state index in [2.05, 4.69) is 10.2 Å². The lowest BCUT2D eigenvalue weighted by atomic mass is 10.0. The summed E-state index contributed by atoms with van der Waals surface area (Å²) in [5.74, 6) is 0.724. The monoisotopic (exact) mass is 268 g/mol. The standard InChI is InChI=1S/C12H10Cl2N2O/c1-7-3-4-10(17-2)8(5-7)9-6-11(13)15-16-12(9)14/h3-6H,1-2H3. The number of ether oxygens (including phenoxy) is 1. The Balaban J connectivity index is 2.66. The van der Waals surface area contributed by atoms with E-state index in [-0.39, 0.29) is 0 Å². The molecular formula is C12H10Cl2N2O. The van der Waals surface area contributed by atoms with E-state index in [9.17, 15) is 0 Å². The third-order valence-electron chi connectivity index (χ3n) is 2.36. The first-order valence-corrected chi connectivity index (χ1v) is 5.71. The van der Waals surface area contributed by atoms with Crippen LogP contribution in [0.1, 0.15) is 5.56 Å². The van der Waals surface area contributed by atoms with Crippen molar-refractivity contribution in [2.75, 3.05) is 7.11 Å². The maximum absolute atomic E-state index is 6.02. The maximum atomic E-state index is 6.02. The van der Waals surface area contributed by atoms with Crippen LogP contribution in [0, 0.1) is 6.92 Å². The lowest BCUT2D eigenvalue weighted by Gasteiger charge is -2.10. The molecule has 88 valence electrons. The molecule has 0 fully saturated rings. The topological polar surface area (TPSA) is 35.0 Å². The third kappa shape index (κ3) is 2.51. The number of aromatic nitrogens is 2. The smallest absolute Gasteiger partial charge is 0.159 e. The minimum Gasteiger partial charge on any atom is -0.496 e. The van der Waals surface area contributed by atoms with E-state index in [1.54, 1.807) is 13.2 Å². The van der Waals surface area contributed by atoms with Gasteiger partial charge in [0, 0.05) is 11.1 Å². The molecule has 2 rings (SSSR count). The highest BCUT2D eigenvalue weighted by Gasteiger charge is 2.12. The molecule has 0 bridgehead atoms. The van der Waals surface area contributed by atoms with Gasteiger partial charge in [0.1, 0.15) is 5.75 Å². The molecule has 0 atom stereocenters. The van der Waals surface area contributed by atoms with E-state index in [0.29, 0.717) is 15.9 Å². The van der Waals surface area contributed by atoms with Crippen molar-refractivity contribution in [3.63, 3.8) is 0 Å². The average Bonchev–Trinajstić information content (AvgIpc) is 2.32. The Labute approximate surface area is 109 Å². The van der Waals surface area contributed by atoms with E-state index < -0.39 is 0 Å². The summed E-state index contributed by atoms with van der Waals surface area (Å²) in [7, 11) is 1.61. The number of halogens is 2. The minimum atomic E-state index is 0.299. The fraction of sp³-hybridized carbons (Fsp3) is 0.167. The molecule has 0 amide bonds. The molecule has 1 aromatic carbocycles. The van der Waals surface area contributed by atoms with E-state index in [1.165, 1.54) is 0 Å². The van der Waals surface area contributed by atoms with Gasteiger partial charge in [0.05, 0.1) is 7.11 Å². The van der Waals surface area contributed by atoms with Crippen molar-refractivity contribution >= 4 is 23.2 Å². The first-order chi connectivity index (χ1) is 8.11. The second-order valence-corrected chi connectivity index (χ2v) is 4.32. The third-order valence-corrected chi connectivity index (χ3v) is 2.83. The van der Waals surface area contributed by atoms with Crippen LogP contribution in [0.4, 0.5) is 0 Å². The van der Waals surface area contributed by atoms with Crippen molar-refractivity contribution in [3.8, 4) is 16.9 Å². The Hall–Kier alpha value is -1.32. The predicted molar refractivity (Wildman–Crippen MR) is 68.8 cm³/mol. The number of hydrogen-bond donors (Lipinski definition) is 0. The average molecular weight is 269 g/mol. The number of rotatable bonds is 2. The molecule has 0 saturated carbocycles. The lowest BCUT2D eigenvalue weighted by molar-refractivity contribution is 0.416. The van der Waals surface area contributed by atoms with Gasteiger partial charge in [-0.2, -0.15) is 0 Å². The van der Waals surface area contributed by atoms with Gasteiger partial charge in [-0.1, -0.05) is 34.8 Å². The quantitative estimate of drug-likeness (QED) is 0.832. The molecule has 0 aliphatic rings.